The van der Waals surface area contributed by atoms with Crippen LogP contribution >= 0.6 is 0 Å². The molecule has 1 N–H and O–H groups in total. The molecule has 0 bridgehead atoms. The number of amides is 1. The third-order valence-corrected chi connectivity index (χ3v) is 4.15. The molecule has 25 heavy (non-hydrogen) atoms. The fraction of sp³-hybridized carbons (Fsp3) is 0.190. The highest BCUT2D eigenvalue weighted by Gasteiger charge is 2.18. The lowest BCUT2D eigenvalue weighted by Gasteiger charge is -2.19. The first-order valence-corrected chi connectivity index (χ1v) is 8.25. The van der Waals surface area contributed by atoms with Crippen molar-refractivity contribution in [1.82, 2.24) is 5.32 Å². The zero-order valence-electron chi connectivity index (χ0n) is 14.2. The Balaban J connectivity index is 1.69. The normalized spacial score (nSPS) is 13.2. The highest BCUT2D eigenvalue weighted by molar-refractivity contribution is 5.89. The predicted octanol–water partition coefficient (Wildman–Crippen LogP) is 4.62. The Morgan fingerprint density at radius 2 is 1.64 bits per heavy atom. The van der Waals surface area contributed by atoms with Gasteiger partial charge in [0, 0.05) is 5.39 Å². The SMILES string of the molecule is C[C@H](Oc1cccc2ccccc12)C(=O)N[C@@H](C)c1ccc(F)cc1. The molecular formula is C21H20FNO2. The van der Waals surface area contributed by atoms with Gasteiger partial charge in [0.25, 0.3) is 5.91 Å². The summed E-state index contributed by atoms with van der Waals surface area (Å²) in [6.07, 6.45) is -0.645. The highest BCUT2D eigenvalue weighted by atomic mass is 19.1. The summed E-state index contributed by atoms with van der Waals surface area (Å²) in [5, 5.41) is 4.93. The zero-order valence-corrected chi connectivity index (χ0v) is 14.2. The number of hydrogen-bond acceptors (Lipinski definition) is 2. The van der Waals surface area contributed by atoms with Crippen LogP contribution in [0.5, 0.6) is 5.75 Å². The average Bonchev–Trinajstić information content (AvgIpc) is 2.62. The molecule has 3 rings (SSSR count). The number of carbonyl (C=O) groups is 1. The largest absolute Gasteiger partial charge is 0.480 e. The van der Waals surface area contributed by atoms with E-state index in [1.807, 2.05) is 49.4 Å². The van der Waals surface area contributed by atoms with Crippen molar-refractivity contribution in [3.05, 3.63) is 78.1 Å². The summed E-state index contributed by atoms with van der Waals surface area (Å²) in [5.41, 5.74) is 0.840. The van der Waals surface area contributed by atoms with Gasteiger partial charge in [0.15, 0.2) is 6.10 Å². The van der Waals surface area contributed by atoms with Crippen molar-refractivity contribution in [3.63, 3.8) is 0 Å². The van der Waals surface area contributed by atoms with E-state index < -0.39 is 6.10 Å². The molecule has 0 spiro atoms. The molecule has 3 aromatic carbocycles. The second-order valence-electron chi connectivity index (χ2n) is 6.02. The van der Waals surface area contributed by atoms with Crippen LogP contribution in [-0.2, 0) is 4.79 Å². The number of fused-ring (bicyclic) bond motifs is 1. The average molecular weight is 337 g/mol. The Morgan fingerprint density at radius 1 is 0.960 bits per heavy atom. The lowest BCUT2D eigenvalue weighted by Crippen LogP contribution is -2.37. The van der Waals surface area contributed by atoms with Gasteiger partial charge in [-0.3, -0.25) is 4.79 Å². The molecule has 0 unspecified atom stereocenters. The summed E-state index contributed by atoms with van der Waals surface area (Å²) >= 11 is 0. The molecule has 128 valence electrons. The van der Waals surface area contributed by atoms with Crippen LogP contribution in [0.15, 0.2) is 66.7 Å². The number of carbonyl (C=O) groups excluding carboxylic acids is 1. The molecule has 2 atom stereocenters. The second-order valence-corrected chi connectivity index (χ2v) is 6.02. The van der Waals surface area contributed by atoms with Gasteiger partial charge in [-0.15, -0.1) is 0 Å². The van der Waals surface area contributed by atoms with E-state index in [0.717, 1.165) is 16.3 Å². The molecular weight excluding hydrogens is 317 g/mol. The van der Waals surface area contributed by atoms with E-state index in [9.17, 15) is 9.18 Å². The fourth-order valence-corrected chi connectivity index (χ4v) is 2.71. The Kier molecular flexibility index (Phi) is 4.98. The summed E-state index contributed by atoms with van der Waals surface area (Å²) in [7, 11) is 0. The van der Waals surface area contributed by atoms with Gasteiger partial charge in [0.05, 0.1) is 6.04 Å². The van der Waals surface area contributed by atoms with Crippen LogP contribution in [0.25, 0.3) is 10.8 Å². The van der Waals surface area contributed by atoms with E-state index in [0.29, 0.717) is 5.75 Å². The van der Waals surface area contributed by atoms with Gasteiger partial charge in [-0.2, -0.15) is 0 Å². The minimum atomic E-state index is -0.645. The van der Waals surface area contributed by atoms with Crippen molar-refractivity contribution in [2.45, 2.75) is 26.0 Å². The summed E-state index contributed by atoms with van der Waals surface area (Å²) in [6, 6.07) is 19.5. The van der Waals surface area contributed by atoms with Gasteiger partial charge >= 0.3 is 0 Å². The molecule has 3 aromatic rings. The van der Waals surface area contributed by atoms with Gasteiger partial charge in [-0.05, 0) is 43.0 Å². The number of hydrogen-bond donors (Lipinski definition) is 1. The van der Waals surface area contributed by atoms with Gasteiger partial charge < -0.3 is 10.1 Å². The van der Waals surface area contributed by atoms with E-state index in [1.165, 1.54) is 12.1 Å². The Labute approximate surface area is 146 Å². The molecule has 0 saturated carbocycles. The third kappa shape index (κ3) is 3.97. The van der Waals surface area contributed by atoms with Gasteiger partial charge in [-0.25, -0.2) is 4.39 Å². The summed E-state index contributed by atoms with van der Waals surface area (Å²) in [4.78, 5) is 12.4. The topological polar surface area (TPSA) is 38.3 Å². The summed E-state index contributed by atoms with van der Waals surface area (Å²) in [6.45, 7) is 3.57. The Morgan fingerprint density at radius 3 is 2.40 bits per heavy atom. The molecule has 0 saturated heterocycles. The van der Waals surface area contributed by atoms with Crippen LogP contribution < -0.4 is 10.1 Å². The van der Waals surface area contributed by atoms with Gasteiger partial charge in [0.2, 0.25) is 0 Å². The van der Waals surface area contributed by atoms with Crippen molar-refractivity contribution < 1.29 is 13.9 Å². The standard InChI is InChI=1S/C21H20FNO2/c1-14(16-10-12-18(22)13-11-16)23-21(24)15(2)25-20-9-5-7-17-6-3-4-8-19(17)20/h3-15H,1-2H3,(H,23,24)/t14-,15-/m0/s1. The first kappa shape index (κ1) is 17.0. The van der Waals surface area contributed by atoms with Gasteiger partial charge in [0.1, 0.15) is 11.6 Å². The van der Waals surface area contributed by atoms with Crippen molar-refractivity contribution >= 4 is 16.7 Å². The molecule has 0 aliphatic rings. The lowest BCUT2D eigenvalue weighted by molar-refractivity contribution is -0.127. The van der Waals surface area contributed by atoms with Crippen LogP contribution in [0.1, 0.15) is 25.5 Å². The molecule has 0 aromatic heterocycles. The maximum atomic E-state index is 13.0. The smallest absolute Gasteiger partial charge is 0.261 e. The van der Waals surface area contributed by atoms with E-state index in [2.05, 4.69) is 5.32 Å². The maximum Gasteiger partial charge on any atom is 0.261 e. The van der Waals surface area contributed by atoms with Crippen LogP contribution in [0.3, 0.4) is 0 Å². The first-order chi connectivity index (χ1) is 12.0. The van der Waals surface area contributed by atoms with Crippen LogP contribution in [0.4, 0.5) is 4.39 Å². The number of benzene rings is 3. The minimum absolute atomic E-state index is 0.218. The van der Waals surface area contributed by atoms with Crippen molar-refractivity contribution in [3.8, 4) is 5.75 Å². The molecule has 3 nitrogen and oxygen atoms in total. The van der Waals surface area contributed by atoms with Crippen LogP contribution in [0, 0.1) is 5.82 Å². The second kappa shape index (κ2) is 7.34. The third-order valence-electron chi connectivity index (χ3n) is 4.15. The lowest BCUT2D eigenvalue weighted by atomic mass is 10.1. The van der Waals surface area contributed by atoms with Gasteiger partial charge in [-0.1, -0.05) is 48.5 Å². The van der Waals surface area contributed by atoms with Crippen LogP contribution in [0.2, 0.25) is 0 Å². The number of ether oxygens (including phenoxy) is 1. The molecule has 0 radical (unpaired) electrons. The van der Waals surface area contributed by atoms with Crippen molar-refractivity contribution in [1.29, 1.82) is 0 Å². The summed E-state index contributed by atoms with van der Waals surface area (Å²) < 4.78 is 18.9. The number of nitrogens with one attached hydrogen (secondary N) is 1. The number of halogens is 1. The predicted molar refractivity (Wildman–Crippen MR) is 97.0 cm³/mol. The van der Waals surface area contributed by atoms with Crippen molar-refractivity contribution in [2.75, 3.05) is 0 Å². The molecule has 0 aliphatic carbocycles. The van der Waals surface area contributed by atoms with E-state index in [4.69, 9.17) is 4.74 Å². The first-order valence-electron chi connectivity index (χ1n) is 8.25. The van der Waals surface area contributed by atoms with E-state index in [1.54, 1.807) is 19.1 Å². The number of rotatable bonds is 5. The van der Waals surface area contributed by atoms with E-state index >= 15 is 0 Å². The molecule has 0 heterocycles. The molecule has 4 heteroatoms. The Bertz CT molecular complexity index is 871. The molecule has 0 fully saturated rings. The molecule has 1 amide bonds. The maximum absolute atomic E-state index is 13.0. The monoisotopic (exact) mass is 337 g/mol. The highest BCUT2D eigenvalue weighted by Crippen LogP contribution is 2.26. The Hall–Kier alpha value is -2.88. The zero-order chi connectivity index (χ0) is 17.8. The van der Waals surface area contributed by atoms with Crippen LogP contribution in [-0.4, -0.2) is 12.0 Å². The molecule has 0 aliphatic heterocycles. The quantitative estimate of drug-likeness (QED) is 0.737. The van der Waals surface area contributed by atoms with Crippen molar-refractivity contribution in [2.24, 2.45) is 0 Å². The minimum Gasteiger partial charge on any atom is -0.480 e. The summed E-state index contributed by atoms with van der Waals surface area (Å²) in [5.74, 6) is 0.162. The van der Waals surface area contributed by atoms with E-state index in [-0.39, 0.29) is 17.8 Å². The fourth-order valence-electron chi connectivity index (χ4n) is 2.71.